The van der Waals surface area contributed by atoms with E-state index >= 15 is 0 Å². The van der Waals surface area contributed by atoms with Gasteiger partial charge in [0, 0.05) is 30.7 Å². The average Bonchev–Trinajstić information content (AvgIpc) is 3.52. The Morgan fingerprint density at radius 2 is 1.94 bits per heavy atom. The summed E-state index contributed by atoms with van der Waals surface area (Å²) in [6.07, 6.45) is 7.21. The Hall–Kier alpha value is -4.64. The maximum Gasteiger partial charge on any atom is 0.347 e. The number of aromatic amines is 1. The predicted octanol–water partition coefficient (Wildman–Crippen LogP) is 3.12. The Kier molecular flexibility index (Phi) is 3.58. The molecule has 5 aromatic rings. The number of H-pyrrole nitrogens is 1. The number of hydrogen-bond donors (Lipinski definition) is 1. The van der Waals surface area contributed by atoms with Gasteiger partial charge in [-0.25, -0.2) is 9.78 Å². The molecule has 148 valence electrons. The zero-order chi connectivity index (χ0) is 20.9. The van der Waals surface area contributed by atoms with Crippen LogP contribution in [0.5, 0.6) is 0 Å². The highest BCUT2D eigenvalue weighted by Crippen LogP contribution is 2.34. The molecule has 0 spiro atoms. The van der Waals surface area contributed by atoms with Crippen LogP contribution in [0.1, 0.15) is 11.1 Å². The molecule has 0 radical (unpaired) electrons. The number of fused-ring (bicyclic) bond motifs is 5. The van der Waals surface area contributed by atoms with Crippen LogP contribution < -0.4 is 5.69 Å². The normalized spacial score (nSPS) is 11.8. The molecule has 2 aromatic carbocycles. The van der Waals surface area contributed by atoms with E-state index < -0.39 is 0 Å². The van der Waals surface area contributed by atoms with Crippen LogP contribution in [0.4, 0.5) is 0 Å². The third-order valence-corrected chi connectivity index (χ3v) is 5.58. The van der Waals surface area contributed by atoms with Crippen molar-refractivity contribution in [3.63, 3.8) is 0 Å². The van der Waals surface area contributed by atoms with E-state index in [-0.39, 0.29) is 5.69 Å². The van der Waals surface area contributed by atoms with Crippen LogP contribution in [-0.4, -0.2) is 28.9 Å². The van der Waals surface area contributed by atoms with Gasteiger partial charge in [-0.05, 0) is 47.5 Å². The molecule has 6 rings (SSSR count). The van der Waals surface area contributed by atoms with E-state index in [2.05, 4.69) is 42.5 Å². The van der Waals surface area contributed by atoms with E-state index in [0.29, 0.717) is 17.8 Å². The summed E-state index contributed by atoms with van der Waals surface area (Å²) in [6.45, 7) is 0.622. The molecule has 8 heteroatoms. The van der Waals surface area contributed by atoms with E-state index in [0.717, 1.165) is 33.9 Å². The number of nitrogens with one attached hydrogen (secondary N) is 1. The monoisotopic (exact) mass is 405 g/mol. The van der Waals surface area contributed by atoms with Gasteiger partial charge < -0.3 is 4.57 Å². The molecule has 0 amide bonds. The zero-order valence-electron chi connectivity index (χ0n) is 16.2. The SMILES string of the molecule is N#Cc1ccc(-c2cc3n(c2)Cc2cc(-n4nc[nH]c4=O)ccc2-n2ccnc2-3)cc1. The van der Waals surface area contributed by atoms with Crippen LogP contribution in [0.2, 0.25) is 0 Å². The summed E-state index contributed by atoms with van der Waals surface area (Å²) in [5, 5.41) is 13.2. The minimum Gasteiger partial charge on any atom is -0.340 e. The Labute approximate surface area is 176 Å². The van der Waals surface area contributed by atoms with Crippen LogP contribution in [-0.2, 0) is 6.54 Å². The lowest BCUT2D eigenvalue weighted by molar-refractivity contribution is 0.806. The molecular weight excluding hydrogens is 390 g/mol. The summed E-state index contributed by atoms with van der Waals surface area (Å²) in [7, 11) is 0. The summed E-state index contributed by atoms with van der Waals surface area (Å²) < 4.78 is 5.57. The molecule has 0 atom stereocenters. The van der Waals surface area contributed by atoms with Crippen LogP contribution in [0, 0.1) is 11.3 Å². The molecule has 0 bridgehead atoms. The van der Waals surface area contributed by atoms with Gasteiger partial charge in [-0.3, -0.25) is 9.55 Å². The zero-order valence-corrected chi connectivity index (χ0v) is 16.2. The van der Waals surface area contributed by atoms with Crippen molar-refractivity contribution in [1.29, 1.82) is 5.26 Å². The molecule has 4 heterocycles. The molecule has 0 saturated heterocycles. The van der Waals surface area contributed by atoms with Crippen LogP contribution in [0.25, 0.3) is 34.0 Å². The Morgan fingerprint density at radius 3 is 2.71 bits per heavy atom. The average molecular weight is 405 g/mol. The van der Waals surface area contributed by atoms with Gasteiger partial charge in [-0.1, -0.05) is 12.1 Å². The summed E-state index contributed by atoms with van der Waals surface area (Å²) >= 11 is 0. The van der Waals surface area contributed by atoms with E-state index in [1.54, 1.807) is 6.20 Å². The first kappa shape index (κ1) is 17.2. The van der Waals surface area contributed by atoms with Crippen LogP contribution in [0.3, 0.4) is 0 Å². The van der Waals surface area contributed by atoms with Crippen molar-refractivity contribution in [2.24, 2.45) is 0 Å². The molecule has 8 nitrogen and oxygen atoms in total. The van der Waals surface area contributed by atoms with Gasteiger partial charge in [0.25, 0.3) is 0 Å². The lowest BCUT2D eigenvalue weighted by Crippen LogP contribution is -2.16. The summed E-state index contributed by atoms with van der Waals surface area (Å²) in [4.78, 5) is 19.2. The van der Waals surface area contributed by atoms with E-state index in [1.165, 1.54) is 11.0 Å². The van der Waals surface area contributed by atoms with Crippen molar-refractivity contribution in [2.75, 3.05) is 0 Å². The molecule has 1 aliphatic rings. The fraction of sp³-hybridized carbons (Fsp3) is 0.0435. The first-order chi connectivity index (χ1) is 15.2. The van der Waals surface area contributed by atoms with E-state index in [9.17, 15) is 4.79 Å². The third-order valence-electron chi connectivity index (χ3n) is 5.58. The molecule has 0 saturated carbocycles. The summed E-state index contributed by atoms with van der Waals surface area (Å²) in [5.74, 6) is 0.850. The maximum atomic E-state index is 12.0. The highest BCUT2D eigenvalue weighted by atomic mass is 16.1. The topological polar surface area (TPSA) is 97.2 Å². The smallest absolute Gasteiger partial charge is 0.340 e. The van der Waals surface area contributed by atoms with Crippen molar-refractivity contribution >= 4 is 0 Å². The Morgan fingerprint density at radius 1 is 1.06 bits per heavy atom. The van der Waals surface area contributed by atoms with Crippen molar-refractivity contribution in [3.05, 3.63) is 95.1 Å². The fourth-order valence-corrected chi connectivity index (χ4v) is 4.10. The highest BCUT2D eigenvalue weighted by Gasteiger charge is 2.22. The summed E-state index contributed by atoms with van der Waals surface area (Å²) in [6, 6.07) is 17.7. The third kappa shape index (κ3) is 2.64. The molecule has 0 fully saturated rings. The second kappa shape index (κ2) is 6.43. The van der Waals surface area contributed by atoms with Crippen molar-refractivity contribution in [1.82, 2.24) is 28.9 Å². The molecule has 0 aliphatic carbocycles. The number of benzene rings is 2. The fourth-order valence-electron chi connectivity index (χ4n) is 4.10. The van der Waals surface area contributed by atoms with Gasteiger partial charge >= 0.3 is 5.69 Å². The Balaban J connectivity index is 1.50. The Bertz CT molecular complexity index is 1540. The highest BCUT2D eigenvalue weighted by molar-refractivity contribution is 5.72. The van der Waals surface area contributed by atoms with Gasteiger partial charge in [-0.15, -0.1) is 0 Å². The first-order valence-corrected chi connectivity index (χ1v) is 9.72. The van der Waals surface area contributed by atoms with E-state index in [4.69, 9.17) is 5.26 Å². The van der Waals surface area contributed by atoms with Crippen molar-refractivity contribution in [2.45, 2.75) is 6.54 Å². The number of aromatic nitrogens is 6. The summed E-state index contributed by atoms with van der Waals surface area (Å²) in [5.41, 5.74) is 6.22. The molecule has 1 N–H and O–H groups in total. The predicted molar refractivity (Wildman–Crippen MR) is 114 cm³/mol. The largest absolute Gasteiger partial charge is 0.347 e. The lowest BCUT2D eigenvalue weighted by Gasteiger charge is -2.11. The molecule has 1 aliphatic heterocycles. The number of nitrogens with zero attached hydrogens (tertiary/aromatic N) is 6. The molecular formula is C23H15N7O. The van der Waals surface area contributed by atoms with Gasteiger partial charge in [-0.2, -0.15) is 15.0 Å². The van der Waals surface area contributed by atoms with E-state index in [1.807, 2.05) is 48.7 Å². The van der Waals surface area contributed by atoms with Gasteiger partial charge in [0.05, 0.1) is 28.7 Å². The second-order valence-electron chi connectivity index (χ2n) is 7.37. The first-order valence-electron chi connectivity index (χ1n) is 9.72. The minimum absolute atomic E-state index is 0.276. The lowest BCUT2D eigenvalue weighted by atomic mass is 10.1. The quantitative estimate of drug-likeness (QED) is 0.479. The van der Waals surface area contributed by atoms with Gasteiger partial charge in [0.15, 0.2) is 5.82 Å². The maximum absolute atomic E-state index is 12.0. The minimum atomic E-state index is -0.276. The van der Waals surface area contributed by atoms with Crippen LogP contribution in [0.15, 0.2) is 78.2 Å². The van der Waals surface area contributed by atoms with Crippen molar-refractivity contribution < 1.29 is 0 Å². The number of imidazole rings is 1. The van der Waals surface area contributed by atoms with Gasteiger partial charge in [0.2, 0.25) is 0 Å². The number of nitriles is 1. The molecule has 3 aromatic heterocycles. The second-order valence-corrected chi connectivity index (χ2v) is 7.37. The standard InChI is InChI=1S/C23H15N7O/c24-11-15-1-3-16(4-2-15)17-10-21-22-25-7-8-29(22)20-6-5-19(30-23(31)26-14-27-30)9-18(20)13-28(21)12-17/h1-10,12,14H,13H2,(H,26,27,31). The van der Waals surface area contributed by atoms with Crippen LogP contribution >= 0.6 is 0 Å². The molecule has 0 unspecified atom stereocenters. The molecule has 31 heavy (non-hydrogen) atoms. The number of rotatable bonds is 2. The van der Waals surface area contributed by atoms with Gasteiger partial charge in [0.1, 0.15) is 6.33 Å². The van der Waals surface area contributed by atoms with Crippen molar-refractivity contribution in [3.8, 4) is 40.1 Å². The number of hydrogen-bond acceptors (Lipinski definition) is 4.